The van der Waals surface area contributed by atoms with Gasteiger partial charge in [-0.15, -0.1) is 0 Å². The summed E-state index contributed by atoms with van der Waals surface area (Å²) in [5, 5.41) is 12.2. The molecule has 2 N–H and O–H groups in total. The Morgan fingerprint density at radius 3 is 2.60 bits per heavy atom. The van der Waals surface area contributed by atoms with Crippen molar-refractivity contribution in [2.24, 2.45) is 5.92 Å². The van der Waals surface area contributed by atoms with Gasteiger partial charge in [-0.25, -0.2) is 0 Å². The zero-order valence-corrected chi connectivity index (χ0v) is 14.9. The highest BCUT2D eigenvalue weighted by Gasteiger charge is 2.39. The van der Waals surface area contributed by atoms with E-state index in [9.17, 15) is 14.4 Å². The van der Waals surface area contributed by atoms with Gasteiger partial charge in [0.25, 0.3) is 0 Å². The third-order valence-corrected chi connectivity index (χ3v) is 5.68. The summed E-state index contributed by atoms with van der Waals surface area (Å²) in [7, 11) is 0. The molecule has 0 aromatic heterocycles. The molecule has 3 rings (SSSR count). The number of hydrogen-bond donors (Lipinski definition) is 2. The highest BCUT2D eigenvalue weighted by molar-refractivity contribution is 5.88. The standard InChI is InChI=1S/C18H29N3O4/c1-2-15(21-7-3-4-16(21)22)18(25)19-13-8-14(9-13)20(11-17(23)24)10-12-5-6-12/h12-15H,2-11H2,1H3,(H,19,25)(H,23,24). The molecule has 7 nitrogen and oxygen atoms in total. The zero-order chi connectivity index (χ0) is 18.0. The summed E-state index contributed by atoms with van der Waals surface area (Å²) in [6.45, 7) is 3.55. The van der Waals surface area contributed by atoms with E-state index in [1.165, 1.54) is 12.8 Å². The first-order chi connectivity index (χ1) is 12.0. The molecule has 0 aromatic carbocycles. The number of amides is 2. The van der Waals surface area contributed by atoms with Crippen LogP contribution >= 0.6 is 0 Å². The molecular weight excluding hydrogens is 322 g/mol. The number of carbonyl (C=O) groups excluding carboxylic acids is 2. The number of carboxylic acids is 1. The lowest BCUT2D eigenvalue weighted by molar-refractivity contribution is -0.140. The number of nitrogens with zero attached hydrogens (tertiary/aromatic N) is 2. The maximum absolute atomic E-state index is 12.5. The Balaban J connectivity index is 1.47. The van der Waals surface area contributed by atoms with E-state index >= 15 is 0 Å². The summed E-state index contributed by atoms with van der Waals surface area (Å²) in [6, 6.07) is -0.0223. The van der Waals surface area contributed by atoms with Gasteiger partial charge in [0.05, 0.1) is 6.54 Å². The summed E-state index contributed by atoms with van der Waals surface area (Å²) in [4.78, 5) is 39.3. The van der Waals surface area contributed by atoms with Gasteiger partial charge in [-0.2, -0.15) is 0 Å². The smallest absolute Gasteiger partial charge is 0.317 e. The van der Waals surface area contributed by atoms with Crippen molar-refractivity contribution in [1.82, 2.24) is 15.1 Å². The van der Waals surface area contributed by atoms with Crippen LogP contribution in [-0.2, 0) is 14.4 Å². The van der Waals surface area contributed by atoms with E-state index in [2.05, 4.69) is 10.2 Å². The van der Waals surface area contributed by atoms with Crippen LogP contribution in [0.4, 0.5) is 0 Å². The number of carbonyl (C=O) groups is 3. The lowest BCUT2D eigenvalue weighted by Gasteiger charge is -2.43. The largest absolute Gasteiger partial charge is 0.480 e. The summed E-state index contributed by atoms with van der Waals surface area (Å²) < 4.78 is 0. The molecular formula is C18H29N3O4. The quantitative estimate of drug-likeness (QED) is 0.642. The second-order valence-electron chi connectivity index (χ2n) is 7.71. The van der Waals surface area contributed by atoms with Crippen LogP contribution in [0.5, 0.6) is 0 Å². The van der Waals surface area contributed by atoms with E-state index < -0.39 is 5.97 Å². The summed E-state index contributed by atoms with van der Waals surface area (Å²) in [5.41, 5.74) is 0. The Kier molecular flexibility index (Phi) is 5.61. The normalized spacial score (nSPS) is 27.3. The molecule has 0 bridgehead atoms. The minimum atomic E-state index is -0.785. The molecule has 0 aromatic rings. The van der Waals surface area contributed by atoms with Gasteiger partial charge in [0.2, 0.25) is 11.8 Å². The van der Waals surface area contributed by atoms with E-state index in [0.717, 1.165) is 25.8 Å². The summed E-state index contributed by atoms with van der Waals surface area (Å²) >= 11 is 0. The molecule has 3 fully saturated rings. The van der Waals surface area contributed by atoms with Crippen LogP contribution in [0, 0.1) is 5.92 Å². The number of rotatable bonds is 9. The molecule has 0 spiro atoms. The van der Waals surface area contributed by atoms with Crippen molar-refractivity contribution >= 4 is 17.8 Å². The number of aliphatic carboxylic acids is 1. The van der Waals surface area contributed by atoms with Crippen molar-refractivity contribution < 1.29 is 19.5 Å². The van der Waals surface area contributed by atoms with Crippen LogP contribution in [0.3, 0.4) is 0 Å². The van der Waals surface area contributed by atoms with Crippen molar-refractivity contribution in [3.63, 3.8) is 0 Å². The van der Waals surface area contributed by atoms with Crippen LogP contribution in [0.15, 0.2) is 0 Å². The van der Waals surface area contributed by atoms with Crippen LogP contribution in [-0.4, -0.2) is 70.4 Å². The van der Waals surface area contributed by atoms with Crippen molar-refractivity contribution in [3.8, 4) is 0 Å². The van der Waals surface area contributed by atoms with Gasteiger partial charge in [0, 0.05) is 31.6 Å². The van der Waals surface area contributed by atoms with Crippen LogP contribution < -0.4 is 5.32 Å². The molecule has 0 radical (unpaired) electrons. The van der Waals surface area contributed by atoms with E-state index in [4.69, 9.17) is 5.11 Å². The van der Waals surface area contributed by atoms with E-state index in [0.29, 0.717) is 25.3 Å². The molecule has 1 heterocycles. The minimum Gasteiger partial charge on any atom is -0.480 e. The van der Waals surface area contributed by atoms with Gasteiger partial charge in [-0.3, -0.25) is 19.3 Å². The Hall–Kier alpha value is -1.63. The van der Waals surface area contributed by atoms with Gasteiger partial charge in [-0.05, 0) is 44.4 Å². The van der Waals surface area contributed by atoms with Gasteiger partial charge >= 0.3 is 5.97 Å². The third kappa shape index (κ3) is 4.51. The SMILES string of the molecule is CCC(C(=O)NC1CC(N(CC(=O)O)CC2CC2)C1)N1CCCC1=O. The van der Waals surface area contributed by atoms with Gasteiger partial charge in [0.15, 0.2) is 0 Å². The van der Waals surface area contributed by atoms with Gasteiger partial charge in [-0.1, -0.05) is 6.92 Å². The maximum atomic E-state index is 12.5. The fraction of sp³-hybridized carbons (Fsp3) is 0.833. The molecule has 3 aliphatic rings. The van der Waals surface area contributed by atoms with Gasteiger partial charge < -0.3 is 15.3 Å². The predicted molar refractivity (Wildman–Crippen MR) is 91.9 cm³/mol. The number of nitrogens with one attached hydrogen (secondary N) is 1. The van der Waals surface area contributed by atoms with E-state index in [-0.39, 0.29) is 36.5 Å². The molecule has 1 saturated heterocycles. The molecule has 140 valence electrons. The van der Waals surface area contributed by atoms with Crippen LogP contribution in [0.25, 0.3) is 0 Å². The fourth-order valence-electron chi connectivity index (χ4n) is 4.00. The average molecular weight is 351 g/mol. The molecule has 7 heteroatoms. The minimum absolute atomic E-state index is 0.0619. The lowest BCUT2D eigenvalue weighted by atomic mass is 9.85. The zero-order valence-electron chi connectivity index (χ0n) is 14.9. The first-order valence-corrected chi connectivity index (χ1v) is 9.53. The second kappa shape index (κ2) is 7.72. The van der Waals surface area contributed by atoms with Crippen molar-refractivity contribution in [2.45, 2.75) is 70.0 Å². The predicted octanol–water partition coefficient (Wildman–Crippen LogP) is 0.831. The monoisotopic (exact) mass is 351 g/mol. The van der Waals surface area contributed by atoms with Crippen molar-refractivity contribution in [1.29, 1.82) is 0 Å². The first kappa shape index (κ1) is 18.2. The Bertz CT molecular complexity index is 528. The van der Waals surface area contributed by atoms with Crippen molar-refractivity contribution in [2.75, 3.05) is 19.6 Å². The van der Waals surface area contributed by atoms with E-state index in [1.54, 1.807) is 4.90 Å². The topological polar surface area (TPSA) is 89.9 Å². The Labute approximate surface area is 148 Å². The van der Waals surface area contributed by atoms with Gasteiger partial charge in [0.1, 0.15) is 6.04 Å². The summed E-state index contributed by atoms with van der Waals surface area (Å²) in [5.74, 6) is -0.121. The molecule has 2 amide bonds. The summed E-state index contributed by atoms with van der Waals surface area (Å²) in [6.07, 6.45) is 6.00. The molecule has 2 saturated carbocycles. The van der Waals surface area contributed by atoms with Crippen LogP contribution in [0.2, 0.25) is 0 Å². The molecule has 2 aliphatic carbocycles. The molecule has 1 aliphatic heterocycles. The Morgan fingerprint density at radius 2 is 2.08 bits per heavy atom. The number of hydrogen-bond acceptors (Lipinski definition) is 4. The number of likely N-dealkylation sites (tertiary alicyclic amines) is 1. The lowest BCUT2D eigenvalue weighted by Crippen LogP contribution is -2.58. The van der Waals surface area contributed by atoms with Crippen LogP contribution in [0.1, 0.15) is 51.9 Å². The highest BCUT2D eigenvalue weighted by atomic mass is 16.4. The fourth-order valence-corrected chi connectivity index (χ4v) is 4.00. The maximum Gasteiger partial charge on any atom is 0.317 e. The molecule has 25 heavy (non-hydrogen) atoms. The average Bonchev–Trinajstić information content (AvgIpc) is 3.23. The molecule has 1 atom stereocenters. The number of carboxylic acid groups (broad SMARTS) is 1. The van der Waals surface area contributed by atoms with E-state index in [1.807, 2.05) is 6.92 Å². The van der Waals surface area contributed by atoms with Crippen molar-refractivity contribution in [3.05, 3.63) is 0 Å². The third-order valence-electron chi connectivity index (χ3n) is 5.68. The Morgan fingerprint density at radius 1 is 1.36 bits per heavy atom. The second-order valence-corrected chi connectivity index (χ2v) is 7.71. The molecule has 1 unspecified atom stereocenters. The first-order valence-electron chi connectivity index (χ1n) is 9.53. The highest BCUT2D eigenvalue weighted by Crippen LogP contribution is 2.33.